The average molecular weight is 353 g/mol. The minimum atomic E-state index is -0.178. The number of allylic oxidation sites excluding steroid dienone is 1. The Hall–Kier alpha value is -2.53. The number of benzene rings is 1. The maximum atomic E-state index is 12.7. The van der Waals surface area contributed by atoms with Crippen molar-refractivity contribution in [3.8, 4) is 11.5 Å². The first-order chi connectivity index (χ1) is 12.5. The highest BCUT2D eigenvalue weighted by Crippen LogP contribution is 2.40. The van der Waals surface area contributed by atoms with Crippen molar-refractivity contribution in [3.05, 3.63) is 52.7 Å². The lowest BCUT2D eigenvalue weighted by atomic mass is 9.99. The van der Waals surface area contributed by atoms with Crippen LogP contribution in [0.2, 0.25) is 0 Å². The second kappa shape index (κ2) is 6.65. The Morgan fingerprint density at radius 1 is 1.31 bits per heavy atom. The van der Waals surface area contributed by atoms with Crippen molar-refractivity contribution in [3.63, 3.8) is 0 Å². The lowest BCUT2D eigenvalue weighted by Gasteiger charge is -2.31. The van der Waals surface area contributed by atoms with Crippen LogP contribution in [0.4, 0.5) is 0 Å². The van der Waals surface area contributed by atoms with Crippen LogP contribution in [0.1, 0.15) is 47.2 Å². The highest BCUT2D eigenvalue weighted by Gasteiger charge is 2.32. The molecule has 1 fully saturated rings. The fourth-order valence-electron chi connectivity index (χ4n) is 3.76. The lowest BCUT2D eigenvalue weighted by Crippen LogP contribution is -2.33. The van der Waals surface area contributed by atoms with Gasteiger partial charge in [-0.25, -0.2) is 0 Å². The highest BCUT2D eigenvalue weighted by molar-refractivity contribution is 6.14. The molecule has 0 amide bonds. The largest absolute Gasteiger partial charge is 0.507 e. The van der Waals surface area contributed by atoms with Crippen LogP contribution in [0, 0.1) is 12.8 Å². The maximum Gasteiger partial charge on any atom is 0.232 e. The first-order valence-electron chi connectivity index (χ1n) is 9.09. The third kappa shape index (κ3) is 3.15. The van der Waals surface area contributed by atoms with Gasteiger partial charge in [0.05, 0.1) is 11.1 Å². The summed E-state index contributed by atoms with van der Waals surface area (Å²) in [6, 6.07) is 6.86. The van der Waals surface area contributed by atoms with Crippen LogP contribution >= 0.6 is 0 Å². The monoisotopic (exact) mass is 353 g/mol. The van der Waals surface area contributed by atoms with Crippen LogP contribution in [0.5, 0.6) is 11.5 Å². The van der Waals surface area contributed by atoms with Gasteiger partial charge in [-0.05, 0) is 56.5 Å². The first-order valence-corrected chi connectivity index (χ1v) is 9.09. The summed E-state index contributed by atoms with van der Waals surface area (Å²) in [5.74, 6) is 2.69. The number of phenolic OH excluding ortho intramolecular Hbond substituents is 1. The number of aryl methyl sites for hydroxylation is 1. The maximum absolute atomic E-state index is 12.7. The van der Waals surface area contributed by atoms with Crippen LogP contribution in [0.15, 0.2) is 34.4 Å². The van der Waals surface area contributed by atoms with Crippen molar-refractivity contribution in [2.45, 2.75) is 33.2 Å². The van der Waals surface area contributed by atoms with E-state index in [9.17, 15) is 9.90 Å². The molecule has 136 valence electrons. The number of nitrogens with zero attached hydrogens (tertiary/aromatic N) is 1. The van der Waals surface area contributed by atoms with Gasteiger partial charge in [0.2, 0.25) is 5.78 Å². The molecule has 3 heterocycles. The molecule has 1 atom stereocenters. The summed E-state index contributed by atoms with van der Waals surface area (Å²) in [6.45, 7) is 6.67. The number of Topliss-reactive ketones (excluding diaryl/α,β-unsaturated/α-hetero) is 1. The van der Waals surface area contributed by atoms with Gasteiger partial charge in [0.15, 0.2) is 5.76 Å². The van der Waals surface area contributed by atoms with E-state index < -0.39 is 0 Å². The molecule has 5 heteroatoms. The van der Waals surface area contributed by atoms with E-state index in [2.05, 4.69) is 11.8 Å². The van der Waals surface area contributed by atoms with Gasteiger partial charge in [0.25, 0.3) is 0 Å². The van der Waals surface area contributed by atoms with E-state index in [1.165, 1.54) is 6.42 Å². The molecule has 2 aliphatic heterocycles. The van der Waals surface area contributed by atoms with Gasteiger partial charge >= 0.3 is 0 Å². The molecule has 0 bridgehead atoms. The summed E-state index contributed by atoms with van der Waals surface area (Å²) in [7, 11) is 0. The molecule has 5 nitrogen and oxygen atoms in total. The number of fused-ring (bicyclic) bond motifs is 1. The summed E-state index contributed by atoms with van der Waals surface area (Å²) >= 11 is 0. The molecule has 4 rings (SSSR count). The zero-order valence-corrected chi connectivity index (χ0v) is 15.1. The van der Waals surface area contributed by atoms with Gasteiger partial charge in [-0.1, -0.05) is 6.92 Å². The minimum absolute atomic E-state index is 0.171. The average Bonchev–Trinajstić information content (AvgIpc) is 3.15. The van der Waals surface area contributed by atoms with Crippen molar-refractivity contribution in [2.24, 2.45) is 5.92 Å². The number of furan rings is 1. The third-order valence-corrected chi connectivity index (χ3v) is 5.07. The van der Waals surface area contributed by atoms with Crippen molar-refractivity contribution in [2.75, 3.05) is 13.1 Å². The van der Waals surface area contributed by atoms with Crippen molar-refractivity contribution in [1.82, 2.24) is 4.90 Å². The molecule has 0 aliphatic carbocycles. The summed E-state index contributed by atoms with van der Waals surface area (Å²) in [6.07, 6.45) is 4.00. The van der Waals surface area contributed by atoms with Gasteiger partial charge in [-0.15, -0.1) is 0 Å². The van der Waals surface area contributed by atoms with E-state index in [-0.39, 0.29) is 17.3 Å². The molecule has 0 saturated carbocycles. The van der Waals surface area contributed by atoms with Crippen molar-refractivity contribution in [1.29, 1.82) is 0 Å². The number of piperidine rings is 1. The number of carbonyl (C=O) groups excluding carboxylic acids is 1. The summed E-state index contributed by atoms with van der Waals surface area (Å²) in [4.78, 5) is 15.0. The molecule has 1 aromatic carbocycles. The Morgan fingerprint density at radius 3 is 2.88 bits per heavy atom. The molecule has 1 N–H and O–H groups in total. The van der Waals surface area contributed by atoms with Crippen LogP contribution in [0.25, 0.3) is 6.08 Å². The number of aromatic hydroxyl groups is 1. The zero-order chi connectivity index (χ0) is 18.3. The topological polar surface area (TPSA) is 62.9 Å². The molecule has 1 saturated heterocycles. The molecule has 1 aromatic heterocycles. The summed E-state index contributed by atoms with van der Waals surface area (Å²) in [5.41, 5.74) is 1.18. The number of rotatable bonds is 3. The minimum Gasteiger partial charge on any atom is -0.507 e. The normalized spacial score (nSPS) is 21.8. The zero-order valence-electron chi connectivity index (χ0n) is 15.1. The lowest BCUT2D eigenvalue weighted by molar-refractivity contribution is 0.101. The van der Waals surface area contributed by atoms with Crippen molar-refractivity contribution >= 4 is 11.9 Å². The molecule has 0 unspecified atom stereocenters. The number of carbonyl (C=O) groups is 1. The SMILES string of the molecule is Cc1ccc(/C=C2\Oc3c(ccc(O)c3CN3CCC[C@H](C)C3)C2=O)o1. The quantitative estimate of drug-likeness (QED) is 0.840. The van der Waals surface area contributed by atoms with E-state index in [4.69, 9.17) is 9.15 Å². The number of phenols is 1. The molecule has 2 aromatic rings. The molecule has 2 aliphatic rings. The number of ether oxygens (including phenoxy) is 1. The fraction of sp³-hybridized carbons (Fsp3) is 0.381. The fourth-order valence-corrected chi connectivity index (χ4v) is 3.76. The summed E-state index contributed by atoms with van der Waals surface area (Å²) in [5, 5.41) is 10.4. The number of likely N-dealkylation sites (tertiary alicyclic amines) is 1. The van der Waals surface area contributed by atoms with Crippen LogP contribution in [-0.2, 0) is 6.54 Å². The van der Waals surface area contributed by atoms with E-state index >= 15 is 0 Å². The number of hydrogen-bond acceptors (Lipinski definition) is 5. The van der Waals surface area contributed by atoms with Crippen LogP contribution in [0.3, 0.4) is 0 Å². The molecule has 0 radical (unpaired) electrons. The Morgan fingerprint density at radius 2 is 2.15 bits per heavy atom. The van der Waals surface area contributed by atoms with E-state index in [1.807, 2.05) is 13.0 Å². The van der Waals surface area contributed by atoms with Crippen molar-refractivity contribution < 1.29 is 19.1 Å². The third-order valence-electron chi connectivity index (χ3n) is 5.07. The Balaban J connectivity index is 1.64. The van der Waals surface area contributed by atoms with E-state index in [0.717, 1.165) is 25.3 Å². The molecule has 0 spiro atoms. The van der Waals surface area contributed by atoms with E-state index in [1.54, 1.807) is 24.3 Å². The standard InChI is InChI=1S/C21H23NO4/c1-13-4-3-9-22(11-13)12-17-18(23)8-7-16-20(24)19(26-21(16)17)10-15-6-5-14(2)25-15/h5-8,10,13,23H,3-4,9,11-12H2,1-2H3/b19-10-/t13-/m0/s1. The Kier molecular flexibility index (Phi) is 4.32. The van der Waals surface area contributed by atoms with Crippen LogP contribution < -0.4 is 4.74 Å². The number of ketones is 1. The van der Waals surface area contributed by atoms with Gasteiger partial charge in [-0.2, -0.15) is 0 Å². The predicted octanol–water partition coefficient (Wildman–Crippen LogP) is 4.14. The predicted molar refractivity (Wildman–Crippen MR) is 98.2 cm³/mol. The molecule has 26 heavy (non-hydrogen) atoms. The summed E-state index contributed by atoms with van der Waals surface area (Å²) < 4.78 is 11.4. The first kappa shape index (κ1) is 16.9. The molecular weight excluding hydrogens is 330 g/mol. The van der Waals surface area contributed by atoms with Gasteiger partial charge in [0, 0.05) is 19.2 Å². The Bertz CT molecular complexity index is 880. The highest BCUT2D eigenvalue weighted by atomic mass is 16.5. The second-order valence-corrected chi connectivity index (χ2v) is 7.31. The van der Waals surface area contributed by atoms with Gasteiger partial charge < -0.3 is 14.3 Å². The molecular formula is C21H23NO4. The van der Waals surface area contributed by atoms with Gasteiger partial charge in [-0.3, -0.25) is 9.69 Å². The smallest absolute Gasteiger partial charge is 0.232 e. The number of hydrogen-bond donors (Lipinski definition) is 1. The second-order valence-electron chi connectivity index (χ2n) is 7.31. The van der Waals surface area contributed by atoms with Crippen LogP contribution in [-0.4, -0.2) is 28.9 Å². The van der Waals surface area contributed by atoms with Gasteiger partial charge in [0.1, 0.15) is 23.0 Å². The van der Waals surface area contributed by atoms with E-state index in [0.29, 0.717) is 35.1 Å². The Labute approximate surface area is 152 Å².